The van der Waals surface area contributed by atoms with Crippen molar-refractivity contribution in [3.8, 4) is 0 Å². The number of nitrogens with one attached hydrogen (secondary N) is 1. The van der Waals surface area contributed by atoms with Gasteiger partial charge in [-0.15, -0.1) is 0 Å². The van der Waals surface area contributed by atoms with Crippen molar-refractivity contribution < 1.29 is 14.0 Å². The van der Waals surface area contributed by atoms with Crippen molar-refractivity contribution in [3.63, 3.8) is 0 Å². The van der Waals surface area contributed by atoms with Crippen LogP contribution < -0.4 is 15.1 Å². The molecule has 2 amide bonds. The Labute approximate surface area is 202 Å². The zero-order chi connectivity index (χ0) is 23.7. The number of hydrogen-bond acceptors (Lipinski definition) is 4. The van der Waals surface area contributed by atoms with Crippen LogP contribution in [0.2, 0.25) is 0 Å². The average Bonchev–Trinajstić information content (AvgIpc) is 2.83. The van der Waals surface area contributed by atoms with Gasteiger partial charge in [-0.05, 0) is 72.1 Å². The summed E-state index contributed by atoms with van der Waals surface area (Å²) in [4.78, 5) is 29.2. The number of carbonyl (C=O) groups is 2. The largest absolute Gasteiger partial charge is 0.367 e. The maximum atomic E-state index is 14.4. The third kappa shape index (κ3) is 4.22. The fraction of sp³-hybridized carbons (Fsp3) is 0.148. The van der Waals surface area contributed by atoms with Crippen LogP contribution in [0.25, 0.3) is 6.08 Å². The standard InChI is InChI=1S/C27H22FN3O2S/c28-22-10-4-5-11-24(22)31-26(33)21(25(32)29-27(31)34)16-19-12-13-23-20(15-19)9-6-14-30(23)17-18-7-2-1-3-8-18/h1-5,7-8,10-13,15-16H,6,9,14,17H2,(H,29,32,34)/b21-16+. The molecular weight excluding hydrogens is 449 g/mol. The van der Waals surface area contributed by atoms with Gasteiger partial charge in [-0.1, -0.05) is 48.5 Å². The average molecular weight is 472 g/mol. The minimum atomic E-state index is -0.651. The van der Waals surface area contributed by atoms with Crippen molar-refractivity contribution in [2.24, 2.45) is 0 Å². The number of fused-ring (bicyclic) bond motifs is 1. The van der Waals surface area contributed by atoms with E-state index in [1.165, 1.54) is 29.3 Å². The first kappa shape index (κ1) is 22.0. The minimum Gasteiger partial charge on any atom is -0.367 e. The van der Waals surface area contributed by atoms with Crippen LogP contribution >= 0.6 is 12.2 Å². The molecule has 0 unspecified atom stereocenters. The van der Waals surface area contributed by atoms with Gasteiger partial charge in [0, 0.05) is 18.8 Å². The molecule has 3 aromatic rings. The van der Waals surface area contributed by atoms with Gasteiger partial charge in [0.25, 0.3) is 11.8 Å². The summed E-state index contributed by atoms with van der Waals surface area (Å²) in [6.45, 7) is 1.79. The number of hydrogen-bond donors (Lipinski definition) is 1. The summed E-state index contributed by atoms with van der Waals surface area (Å²) >= 11 is 5.16. The van der Waals surface area contributed by atoms with E-state index in [0.717, 1.165) is 42.1 Å². The number of para-hydroxylation sites is 1. The minimum absolute atomic E-state index is 0.00500. The van der Waals surface area contributed by atoms with Gasteiger partial charge in [0.05, 0.1) is 5.69 Å². The molecule has 0 radical (unpaired) electrons. The lowest BCUT2D eigenvalue weighted by Gasteiger charge is -2.32. The molecular formula is C27H22FN3O2S. The second kappa shape index (κ2) is 9.19. The predicted octanol–water partition coefficient (Wildman–Crippen LogP) is 4.61. The molecule has 0 atom stereocenters. The third-order valence-corrected chi connectivity index (χ3v) is 6.33. The van der Waals surface area contributed by atoms with Gasteiger partial charge < -0.3 is 4.90 Å². The first-order valence-electron chi connectivity index (χ1n) is 11.1. The number of amides is 2. The zero-order valence-electron chi connectivity index (χ0n) is 18.3. The predicted molar refractivity (Wildman–Crippen MR) is 135 cm³/mol. The van der Waals surface area contributed by atoms with E-state index in [9.17, 15) is 14.0 Å². The zero-order valence-corrected chi connectivity index (χ0v) is 19.1. The molecule has 5 rings (SSSR count). The Kier molecular flexibility index (Phi) is 5.94. The molecule has 1 fully saturated rings. The molecule has 34 heavy (non-hydrogen) atoms. The molecule has 0 aromatic heterocycles. The van der Waals surface area contributed by atoms with Crippen molar-refractivity contribution in [2.75, 3.05) is 16.3 Å². The highest BCUT2D eigenvalue weighted by Gasteiger charge is 2.35. The molecule has 5 nitrogen and oxygen atoms in total. The van der Waals surface area contributed by atoms with Gasteiger partial charge >= 0.3 is 0 Å². The number of benzene rings is 3. The quantitative estimate of drug-likeness (QED) is 0.343. The summed E-state index contributed by atoms with van der Waals surface area (Å²) in [6.07, 6.45) is 3.49. The summed E-state index contributed by atoms with van der Waals surface area (Å²) in [5, 5.41) is 2.37. The number of carbonyl (C=O) groups excluding carboxylic acids is 2. The van der Waals surface area contributed by atoms with E-state index in [1.54, 1.807) is 12.1 Å². The fourth-order valence-corrected chi connectivity index (χ4v) is 4.70. The van der Waals surface area contributed by atoms with Crippen LogP contribution in [-0.2, 0) is 22.6 Å². The molecule has 2 heterocycles. The smallest absolute Gasteiger partial charge is 0.270 e. The van der Waals surface area contributed by atoms with Gasteiger partial charge in [0.15, 0.2) is 5.11 Å². The molecule has 1 N–H and O–H groups in total. The lowest BCUT2D eigenvalue weighted by atomic mass is 9.97. The van der Waals surface area contributed by atoms with Crippen LogP contribution in [0.15, 0.2) is 78.4 Å². The van der Waals surface area contributed by atoms with E-state index in [2.05, 4.69) is 22.3 Å². The second-order valence-electron chi connectivity index (χ2n) is 8.31. The van der Waals surface area contributed by atoms with E-state index < -0.39 is 17.6 Å². The van der Waals surface area contributed by atoms with Crippen LogP contribution in [0.5, 0.6) is 0 Å². The van der Waals surface area contributed by atoms with Gasteiger partial charge in [-0.2, -0.15) is 0 Å². The normalized spacial score (nSPS) is 17.1. The van der Waals surface area contributed by atoms with Crippen LogP contribution in [0.4, 0.5) is 15.8 Å². The Morgan fingerprint density at radius 1 is 0.971 bits per heavy atom. The van der Waals surface area contributed by atoms with Gasteiger partial charge in [0.1, 0.15) is 11.4 Å². The van der Waals surface area contributed by atoms with E-state index in [4.69, 9.17) is 12.2 Å². The lowest BCUT2D eigenvalue weighted by Crippen LogP contribution is -2.54. The Morgan fingerprint density at radius 2 is 1.74 bits per heavy atom. The van der Waals surface area contributed by atoms with E-state index in [0.29, 0.717) is 0 Å². The first-order chi connectivity index (χ1) is 16.5. The van der Waals surface area contributed by atoms with Crippen LogP contribution in [-0.4, -0.2) is 23.5 Å². The van der Waals surface area contributed by atoms with Crippen molar-refractivity contribution in [1.29, 1.82) is 0 Å². The molecule has 0 bridgehead atoms. The number of halogens is 1. The highest BCUT2D eigenvalue weighted by Crippen LogP contribution is 2.31. The Morgan fingerprint density at radius 3 is 2.53 bits per heavy atom. The number of anilines is 2. The Balaban J connectivity index is 1.45. The van der Waals surface area contributed by atoms with E-state index in [1.807, 2.05) is 36.4 Å². The highest BCUT2D eigenvalue weighted by molar-refractivity contribution is 7.80. The van der Waals surface area contributed by atoms with Crippen LogP contribution in [0.1, 0.15) is 23.1 Å². The first-order valence-corrected chi connectivity index (χ1v) is 11.5. The molecule has 170 valence electrons. The summed E-state index contributed by atoms with van der Waals surface area (Å²) in [6, 6.07) is 22.1. The summed E-state index contributed by atoms with van der Waals surface area (Å²) in [5.74, 6) is -1.84. The maximum Gasteiger partial charge on any atom is 0.270 e. The van der Waals surface area contributed by atoms with E-state index >= 15 is 0 Å². The highest BCUT2D eigenvalue weighted by atomic mass is 32.1. The van der Waals surface area contributed by atoms with Crippen LogP contribution in [0, 0.1) is 5.82 Å². The molecule has 0 spiro atoms. The maximum absolute atomic E-state index is 14.4. The van der Waals surface area contributed by atoms with Crippen molar-refractivity contribution in [3.05, 3.63) is 101 Å². The monoisotopic (exact) mass is 471 g/mol. The number of rotatable bonds is 4. The number of thiocarbonyl (C=S) groups is 1. The topological polar surface area (TPSA) is 52.7 Å². The van der Waals surface area contributed by atoms with Gasteiger partial charge in [-0.3, -0.25) is 14.9 Å². The molecule has 0 saturated carbocycles. The van der Waals surface area contributed by atoms with Crippen molar-refractivity contribution in [2.45, 2.75) is 19.4 Å². The molecule has 2 aliphatic heterocycles. The molecule has 3 aromatic carbocycles. The van der Waals surface area contributed by atoms with E-state index in [-0.39, 0.29) is 16.4 Å². The summed E-state index contributed by atoms with van der Waals surface area (Å²) in [7, 11) is 0. The molecule has 1 saturated heterocycles. The third-order valence-electron chi connectivity index (χ3n) is 6.04. The SMILES string of the molecule is O=C1NC(=S)N(c2ccccc2F)C(=O)/C1=C/c1ccc2c(c1)CCCN2Cc1ccccc1. The number of aryl methyl sites for hydroxylation is 1. The summed E-state index contributed by atoms with van der Waals surface area (Å²) in [5.41, 5.74) is 4.22. The Hall–Kier alpha value is -3.84. The second-order valence-corrected chi connectivity index (χ2v) is 8.69. The fourth-order valence-electron chi connectivity index (χ4n) is 4.43. The van der Waals surface area contributed by atoms with Gasteiger partial charge in [-0.25, -0.2) is 9.29 Å². The molecule has 7 heteroatoms. The van der Waals surface area contributed by atoms with Gasteiger partial charge in [0.2, 0.25) is 0 Å². The Bertz CT molecular complexity index is 1320. The van der Waals surface area contributed by atoms with Crippen LogP contribution in [0.3, 0.4) is 0 Å². The molecule has 0 aliphatic carbocycles. The lowest BCUT2D eigenvalue weighted by molar-refractivity contribution is -0.122. The van der Waals surface area contributed by atoms with Crippen molar-refractivity contribution in [1.82, 2.24) is 5.32 Å². The molecule has 2 aliphatic rings. The van der Waals surface area contributed by atoms with Crippen molar-refractivity contribution >= 4 is 46.6 Å². The number of nitrogens with zero attached hydrogens (tertiary/aromatic N) is 2. The summed E-state index contributed by atoms with van der Waals surface area (Å²) < 4.78 is 14.4.